The second-order valence-electron chi connectivity index (χ2n) is 10.8. The van der Waals surface area contributed by atoms with Gasteiger partial charge in [-0.05, 0) is 91.1 Å². The first kappa shape index (κ1) is 28.4. The summed E-state index contributed by atoms with van der Waals surface area (Å²) < 4.78 is 58.3. The van der Waals surface area contributed by atoms with Crippen LogP contribution in [-0.2, 0) is 12.0 Å². The molecule has 0 aromatic carbocycles. The van der Waals surface area contributed by atoms with Crippen LogP contribution in [-0.4, -0.2) is 46.8 Å². The van der Waals surface area contributed by atoms with Crippen molar-refractivity contribution < 1.29 is 22.4 Å². The Labute approximate surface area is 214 Å². The van der Waals surface area contributed by atoms with Gasteiger partial charge < -0.3 is 10.6 Å². The summed E-state index contributed by atoms with van der Waals surface area (Å²) in [5, 5.41) is 4.50. The first-order valence-electron chi connectivity index (χ1n) is 12.2. The molecule has 10 heteroatoms. The maximum atomic E-state index is 14.9. The number of carbonyl (C=O) groups is 1. The van der Waals surface area contributed by atoms with E-state index in [1.807, 2.05) is 37.8 Å². The molecule has 200 valence electrons. The minimum atomic E-state index is -4.71. The molecular formula is C26H36F4N4OS. The zero-order valence-corrected chi connectivity index (χ0v) is 22.5. The Bertz CT molecular complexity index is 1050. The molecule has 2 atom stereocenters. The van der Waals surface area contributed by atoms with E-state index in [0.717, 1.165) is 29.5 Å². The highest BCUT2D eigenvalue weighted by atomic mass is 32.1. The van der Waals surface area contributed by atoms with E-state index in [4.69, 9.17) is 0 Å². The fourth-order valence-corrected chi connectivity index (χ4v) is 5.83. The number of pyridine rings is 1. The van der Waals surface area contributed by atoms with Crippen LogP contribution < -0.4 is 10.6 Å². The predicted octanol–water partition coefficient (Wildman–Crippen LogP) is 6.18. The summed E-state index contributed by atoms with van der Waals surface area (Å²) in [5.74, 6) is 0. The molecule has 0 spiro atoms. The van der Waals surface area contributed by atoms with Crippen molar-refractivity contribution in [3.8, 4) is 0 Å². The number of amides is 2. The Morgan fingerprint density at radius 1 is 1.19 bits per heavy atom. The standard InChI is InChI=1S/C26H36F4N4OS/c1-17(2)32-22(35)33-24(6,26(28,29)30)25(12-11-20-9-10-21(27)36-20)13-14-34(16-25)23(4,5)19-8-7-18(3)31-15-19/h7-10,15,17H,11-14,16H2,1-6H3,(H2,32,33,35). The zero-order chi connectivity index (χ0) is 26.9. The number of nitrogens with zero attached hydrogens (tertiary/aromatic N) is 2. The Kier molecular flexibility index (Phi) is 8.10. The van der Waals surface area contributed by atoms with Crippen molar-refractivity contribution in [3.05, 3.63) is 51.7 Å². The van der Waals surface area contributed by atoms with Gasteiger partial charge in [-0.15, -0.1) is 11.3 Å². The van der Waals surface area contributed by atoms with Gasteiger partial charge in [0.1, 0.15) is 5.54 Å². The van der Waals surface area contributed by atoms with Gasteiger partial charge in [0.2, 0.25) is 0 Å². The number of aromatic nitrogens is 1. The topological polar surface area (TPSA) is 57.3 Å². The fourth-order valence-electron chi connectivity index (χ4n) is 5.10. The first-order chi connectivity index (χ1) is 16.6. The average molecular weight is 529 g/mol. The van der Waals surface area contributed by atoms with Gasteiger partial charge in [-0.3, -0.25) is 9.88 Å². The number of nitrogens with one attached hydrogen (secondary N) is 2. The SMILES string of the molecule is Cc1ccc(C(C)(C)N2CCC(CCc3ccc(F)s3)(C(C)(NC(=O)NC(C)C)C(F)(F)F)C2)cn1. The maximum Gasteiger partial charge on any atom is 0.411 e. The van der Waals surface area contributed by atoms with Gasteiger partial charge in [-0.25, -0.2) is 4.79 Å². The van der Waals surface area contributed by atoms with Crippen molar-refractivity contribution in [3.63, 3.8) is 0 Å². The molecule has 2 aromatic heterocycles. The molecule has 0 aliphatic carbocycles. The van der Waals surface area contributed by atoms with Gasteiger partial charge in [0.05, 0.1) is 0 Å². The van der Waals surface area contributed by atoms with Gasteiger partial charge in [-0.2, -0.15) is 17.6 Å². The van der Waals surface area contributed by atoms with E-state index < -0.39 is 28.7 Å². The summed E-state index contributed by atoms with van der Waals surface area (Å²) >= 11 is 0.945. The van der Waals surface area contributed by atoms with Crippen LogP contribution in [0.4, 0.5) is 22.4 Å². The Morgan fingerprint density at radius 3 is 2.42 bits per heavy atom. The number of hydrogen-bond donors (Lipinski definition) is 2. The van der Waals surface area contributed by atoms with Crippen molar-refractivity contribution in [2.75, 3.05) is 13.1 Å². The molecule has 1 saturated heterocycles. The number of hydrogen-bond acceptors (Lipinski definition) is 4. The van der Waals surface area contributed by atoms with E-state index in [0.29, 0.717) is 11.4 Å². The van der Waals surface area contributed by atoms with Crippen LogP contribution in [0.3, 0.4) is 0 Å². The lowest BCUT2D eigenvalue weighted by Crippen LogP contribution is -2.69. The molecule has 2 amide bonds. The predicted molar refractivity (Wildman–Crippen MR) is 134 cm³/mol. The second-order valence-corrected chi connectivity index (χ2v) is 11.9. The average Bonchev–Trinajstić information content (AvgIpc) is 3.38. The minimum absolute atomic E-state index is 0.111. The van der Waals surface area contributed by atoms with Crippen LogP contribution in [0.15, 0.2) is 30.5 Å². The lowest BCUT2D eigenvalue weighted by atomic mass is 9.66. The van der Waals surface area contributed by atoms with Crippen molar-refractivity contribution >= 4 is 17.4 Å². The maximum absolute atomic E-state index is 14.9. The van der Waals surface area contributed by atoms with Gasteiger partial charge >= 0.3 is 12.2 Å². The molecule has 2 unspecified atom stereocenters. The van der Waals surface area contributed by atoms with Crippen molar-refractivity contribution in [1.29, 1.82) is 0 Å². The third kappa shape index (κ3) is 5.69. The molecule has 2 N–H and O–H groups in total. The fraction of sp³-hybridized carbons (Fsp3) is 0.615. The molecule has 2 aromatic rings. The number of urea groups is 1. The van der Waals surface area contributed by atoms with Gasteiger partial charge in [0.25, 0.3) is 0 Å². The molecular weight excluding hydrogens is 492 g/mol. The van der Waals surface area contributed by atoms with E-state index in [9.17, 15) is 22.4 Å². The Hall–Kier alpha value is -2.20. The number of halogens is 4. The Balaban J connectivity index is 2.01. The van der Waals surface area contributed by atoms with E-state index in [-0.39, 0.29) is 37.0 Å². The summed E-state index contributed by atoms with van der Waals surface area (Å²) in [5.41, 5.74) is -2.66. The van der Waals surface area contributed by atoms with Crippen molar-refractivity contribution in [2.45, 2.75) is 84.1 Å². The highest BCUT2D eigenvalue weighted by Crippen LogP contribution is 2.53. The molecule has 0 bridgehead atoms. The molecule has 36 heavy (non-hydrogen) atoms. The zero-order valence-electron chi connectivity index (χ0n) is 21.7. The molecule has 0 saturated carbocycles. The summed E-state index contributed by atoms with van der Waals surface area (Å²) in [4.78, 5) is 19.7. The van der Waals surface area contributed by atoms with E-state index >= 15 is 0 Å². The normalized spacial score (nSPS) is 21.0. The lowest BCUT2D eigenvalue weighted by molar-refractivity contribution is -0.223. The van der Waals surface area contributed by atoms with Gasteiger partial charge in [-0.1, -0.05) is 6.07 Å². The number of rotatable bonds is 8. The number of likely N-dealkylation sites (tertiary alicyclic amines) is 1. The molecule has 5 nitrogen and oxygen atoms in total. The number of aryl methyl sites for hydroxylation is 2. The highest BCUT2D eigenvalue weighted by Gasteiger charge is 2.66. The summed E-state index contributed by atoms with van der Waals surface area (Å²) in [6, 6.07) is 5.62. The minimum Gasteiger partial charge on any atom is -0.336 e. The quantitative estimate of drug-likeness (QED) is 0.403. The van der Waals surface area contributed by atoms with Crippen LogP contribution >= 0.6 is 11.3 Å². The second kappa shape index (κ2) is 10.3. The van der Waals surface area contributed by atoms with E-state index in [1.165, 1.54) is 6.07 Å². The van der Waals surface area contributed by atoms with Crippen LogP contribution in [0, 0.1) is 17.5 Å². The van der Waals surface area contributed by atoms with Gasteiger partial charge in [0, 0.05) is 40.3 Å². The largest absolute Gasteiger partial charge is 0.411 e. The van der Waals surface area contributed by atoms with Gasteiger partial charge in [0.15, 0.2) is 5.13 Å². The molecule has 1 fully saturated rings. The summed E-state index contributed by atoms with van der Waals surface area (Å²) in [6.07, 6.45) is -2.30. The highest BCUT2D eigenvalue weighted by molar-refractivity contribution is 7.10. The molecule has 0 radical (unpaired) electrons. The molecule has 3 rings (SSSR count). The third-order valence-corrected chi connectivity index (χ3v) is 8.59. The number of alkyl halides is 3. The van der Waals surface area contributed by atoms with Crippen molar-refractivity contribution in [1.82, 2.24) is 20.5 Å². The first-order valence-corrected chi connectivity index (χ1v) is 13.0. The van der Waals surface area contributed by atoms with Crippen LogP contribution in [0.5, 0.6) is 0 Å². The monoisotopic (exact) mass is 528 g/mol. The molecule has 3 heterocycles. The summed E-state index contributed by atoms with van der Waals surface area (Å²) in [6.45, 7) is 10.8. The van der Waals surface area contributed by atoms with Crippen molar-refractivity contribution in [2.24, 2.45) is 5.41 Å². The Morgan fingerprint density at radius 2 is 1.89 bits per heavy atom. The van der Waals surface area contributed by atoms with Crippen LogP contribution in [0.25, 0.3) is 0 Å². The smallest absolute Gasteiger partial charge is 0.336 e. The molecule has 1 aliphatic heterocycles. The van der Waals surface area contributed by atoms with E-state index in [2.05, 4.69) is 15.6 Å². The van der Waals surface area contributed by atoms with Crippen LogP contribution in [0.2, 0.25) is 0 Å². The lowest BCUT2D eigenvalue weighted by Gasteiger charge is -2.49. The number of carbonyl (C=O) groups excluding carboxylic acids is 1. The summed E-state index contributed by atoms with van der Waals surface area (Å²) in [7, 11) is 0. The third-order valence-electron chi connectivity index (χ3n) is 7.65. The molecule has 1 aliphatic rings. The van der Waals surface area contributed by atoms with E-state index in [1.54, 1.807) is 26.1 Å². The van der Waals surface area contributed by atoms with Crippen LogP contribution in [0.1, 0.15) is 63.6 Å². The number of thiophene rings is 1.